The quantitative estimate of drug-likeness (QED) is 0.856. The average Bonchev–Trinajstić information content (AvgIpc) is 2.54. The number of nitrogens with one attached hydrogen (secondary N) is 1. The first-order valence-corrected chi connectivity index (χ1v) is 9.94. The van der Waals surface area contributed by atoms with Gasteiger partial charge in [0.2, 0.25) is 0 Å². The van der Waals surface area contributed by atoms with Crippen LogP contribution in [-0.4, -0.2) is 26.7 Å². The summed E-state index contributed by atoms with van der Waals surface area (Å²) < 4.78 is 28.7. The van der Waals surface area contributed by atoms with Gasteiger partial charge in [0.1, 0.15) is 5.75 Å². The van der Waals surface area contributed by atoms with Crippen molar-refractivity contribution in [1.82, 2.24) is 5.32 Å². The van der Waals surface area contributed by atoms with Crippen molar-refractivity contribution in [2.45, 2.75) is 37.8 Å². The van der Waals surface area contributed by atoms with Crippen LogP contribution < -0.4 is 10.1 Å². The second-order valence-electron chi connectivity index (χ2n) is 6.20. The molecular formula is C19H23NO4S. The highest BCUT2D eigenvalue weighted by atomic mass is 32.2. The molecule has 5 nitrogen and oxygen atoms in total. The van der Waals surface area contributed by atoms with Gasteiger partial charge in [-0.1, -0.05) is 24.3 Å². The molecule has 6 heteroatoms. The SMILES string of the molecule is CC(C)Oc1ccccc1C(=O)NC(C)c1ccc(S(C)(=O)=O)cc1. The molecule has 0 bridgehead atoms. The molecular weight excluding hydrogens is 338 g/mol. The summed E-state index contributed by atoms with van der Waals surface area (Å²) in [5.74, 6) is 0.297. The molecule has 0 radical (unpaired) electrons. The van der Waals surface area contributed by atoms with Crippen LogP contribution in [-0.2, 0) is 9.84 Å². The molecule has 25 heavy (non-hydrogen) atoms. The highest BCUT2D eigenvalue weighted by Crippen LogP contribution is 2.21. The number of carbonyl (C=O) groups is 1. The van der Waals surface area contributed by atoms with E-state index in [4.69, 9.17) is 4.74 Å². The monoisotopic (exact) mass is 361 g/mol. The number of benzene rings is 2. The van der Waals surface area contributed by atoms with Crippen LogP contribution >= 0.6 is 0 Å². The molecule has 1 amide bonds. The van der Waals surface area contributed by atoms with Gasteiger partial charge in [-0.05, 0) is 50.6 Å². The number of hydrogen-bond donors (Lipinski definition) is 1. The smallest absolute Gasteiger partial charge is 0.255 e. The third kappa shape index (κ3) is 5.06. The van der Waals surface area contributed by atoms with Crippen LogP contribution in [0.25, 0.3) is 0 Å². The molecule has 0 saturated carbocycles. The molecule has 2 aromatic carbocycles. The fourth-order valence-electron chi connectivity index (χ4n) is 2.37. The number of amides is 1. The third-order valence-corrected chi connectivity index (χ3v) is 4.78. The first-order chi connectivity index (χ1) is 11.7. The first-order valence-electron chi connectivity index (χ1n) is 8.05. The lowest BCUT2D eigenvalue weighted by molar-refractivity contribution is 0.0934. The van der Waals surface area contributed by atoms with E-state index < -0.39 is 9.84 Å². The average molecular weight is 361 g/mol. The zero-order valence-corrected chi connectivity index (χ0v) is 15.6. The van der Waals surface area contributed by atoms with Crippen LogP contribution in [0, 0.1) is 0 Å². The molecule has 1 N–H and O–H groups in total. The summed E-state index contributed by atoms with van der Waals surface area (Å²) in [5.41, 5.74) is 1.29. The van der Waals surface area contributed by atoms with Gasteiger partial charge in [0, 0.05) is 6.26 Å². The van der Waals surface area contributed by atoms with Crippen molar-refractivity contribution in [1.29, 1.82) is 0 Å². The van der Waals surface area contributed by atoms with E-state index in [1.165, 1.54) is 6.26 Å². The Morgan fingerprint density at radius 1 is 1.00 bits per heavy atom. The molecule has 0 aliphatic heterocycles. The Balaban J connectivity index is 2.15. The lowest BCUT2D eigenvalue weighted by Gasteiger charge is -2.17. The zero-order chi connectivity index (χ0) is 18.6. The molecule has 0 aliphatic rings. The molecule has 0 saturated heterocycles. The molecule has 0 fully saturated rings. The van der Waals surface area contributed by atoms with Crippen molar-refractivity contribution in [3.05, 3.63) is 59.7 Å². The highest BCUT2D eigenvalue weighted by molar-refractivity contribution is 7.90. The number of ether oxygens (including phenoxy) is 1. The van der Waals surface area contributed by atoms with Crippen LogP contribution in [0.4, 0.5) is 0 Å². The summed E-state index contributed by atoms with van der Waals surface area (Å²) in [6.07, 6.45) is 1.13. The van der Waals surface area contributed by atoms with Crippen LogP contribution in [0.1, 0.15) is 42.7 Å². The van der Waals surface area contributed by atoms with Gasteiger partial charge in [-0.2, -0.15) is 0 Å². The van der Waals surface area contributed by atoms with Gasteiger partial charge in [0.15, 0.2) is 9.84 Å². The lowest BCUT2D eigenvalue weighted by Crippen LogP contribution is -2.27. The van der Waals surface area contributed by atoms with E-state index in [0.29, 0.717) is 11.3 Å². The maximum absolute atomic E-state index is 12.6. The van der Waals surface area contributed by atoms with Crippen molar-refractivity contribution in [3.8, 4) is 5.75 Å². The van der Waals surface area contributed by atoms with Crippen molar-refractivity contribution in [2.75, 3.05) is 6.26 Å². The maximum Gasteiger partial charge on any atom is 0.255 e. The van der Waals surface area contributed by atoms with Crippen molar-refractivity contribution < 1.29 is 17.9 Å². The minimum atomic E-state index is -3.23. The van der Waals surface area contributed by atoms with Gasteiger partial charge in [-0.25, -0.2) is 8.42 Å². The van der Waals surface area contributed by atoms with E-state index in [9.17, 15) is 13.2 Å². The Kier molecular flexibility index (Phi) is 5.85. The Bertz CT molecular complexity index is 842. The van der Waals surface area contributed by atoms with Gasteiger partial charge in [0.05, 0.1) is 22.6 Å². The van der Waals surface area contributed by atoms with Crippen LogP contribution in [0.15, 0.2) is 53.4 Å². The Labute approximate surface area is 148 Å². The van der Waals surface area contributed by atoms with Crippen LogP contribution in [0.5, 0.6) is 5.75 Å². The van der Waals surface area contributed by atoms with Crippen molar-refractivity contribution in [3.63, 3.8) is 0 Å². The molecule has 1 unspecified atom stereocenters. The lowest BCUT2D eigenvalue weighted by atomic mass is 10.1. The van der Waals surface area contributed by atoms with Crippen molar-refractivity contribution in [2.24, 2.45) is 0 Å². The molecule has 2 aromatic rings. The van der Waals surface area contributed by atoms with Gasteiger partial charge in [-0.3, -0.25) is 4.79 Å². The third-order valence-electron chi connectivity index (χ3n) is 3.65. The Morgan fingerprint density at radius 2 is 1.60 bits per heavy atom. The number of carbonyl (C=O) groups excluding carboxylic acids is 1. The van der Waals surface area contributed by atoms with E-state index in [1.807, 2.05) is 26.8 Å². The number of hydrogen-bond acceptors (Lipinski definition) is 4. The van der Waals surface area contributed by atoms with Crippen molar-refractivity contribution >= 4 is 15.7 Å². The number of sulfone groups is 1. The summed E-state index contributed by atoms with van der Waals surface area (Å²) in [6.45, 7) is 5.65. The molecule has 1 atom stereocenters. The summed E-state index contributed by atoms with van der Waals surface area (Å²) in [6, 6.07) is 13.3. The topological polar surface area (TPSA) is 72.5 Å². The molecule has 0 aromatic heterocycles. The molecule has 0 heterocycles. The molecule has 134 valence electrons. The summed E-state index contributed by atoms with van der Waals surface area (Å²) in [5, 5.41) is 2.92. The zero-order valence-electron chi connectivity index (χ0n) is 14.8. The standard InChI is InChI=1S/C19H23NO4S/c1-13(2)24-18-8-6-5-7-17(18)19(21)20-14(3)15-9-11-16(12-10-15)25(4,22)23/h5-14H,1-4H3,(H,20,21). The fraction of sp³-hybridized carbons (Fsp3) is 0.316. The number of rotatable bonds is 6. The number of para-hydroxylation sites is 1. The van der Waals surface area contributed by atoms with Gasteiger partial charge in [-0.15, -0.1) is 0 Å². The van der Waals surface area contributed by atoms with Crippen LogP contribution in [0.2, 0.25) is 0 Å². The van der Waals surface area contributed by atoms with Gasteiger partial charge in [0.25, 0.3) is 5.91 Å². The minimum Gasteiger partial charge on any atom is -0.490 e. The molecule has 0 spiro atoms. The predicted molar refractivity (Wildman–Crippen MR) is 97.6 cm³/mol. The van der Waals surface area contributed by atoms with E-state index >= 15 is 0 Å². The van der Waals surface area contributed by atoms with E-state index in [0.717, 1.165) is 5.56 Å². The normalized spacial score (nSPS) is 12.7. The molecule has 0 aliphatic carbocycles. The second kappa shape index (κ2) is 7.70. The minimum absolute atomic E-state index is 0.0325. The second-order valence-corrected chi connectivity index (χ2v) is 8.21. The summed E-state index contributed by atoms with van der Waals surface area (Å²) in [4.78, 5) is 12.8. The fourth-order valence-corrected chi connectivity index (χ4v) is 3.00. The van der Waals surface area contributed by atoms with Gasteiger partial charge >= 0.3 is 0 Å². The Hall–Kier alpha value is -2.34. The predicted octanol–water partition coefficient (Wildman–Crippen LogP) is 3.37. The molecule has 2 rings (SSSR count). The summed E-state index contributed by atoms with van der Waals surface area (Å²) >= 11 is 0. The van der Waals surface area contributed by atoms with Gasteiger partial charge < -0.3 is 10.1 Å². The van der Waals surface area contributed by atoms with E-state index in [1.54, 1.807) is 42.5 Å². The largest absolute Gasteiger partial charge is 0.490 e. The first kappa shape index (κ1) is 19.0. The van der Waals surface area contributed by atoms with E-state index in [2.05, 4.69) is 5.32 Å². The van der Waals surface area contributed by atoms with Crippen LogP contribution in [0.3, 0.4) is 0 Å². The van der Waals surface area contributed by atoms with E-state index in [-0.39, 0.29) is 22.9 Å². The Morgan fingerprint density at radius 3 is 2.16 bits per heavy atom. The highest BCUT2D eigenvalue weighted by Gasteiger charge is 2.16. The summed E-state index contributed by atoms with van der Waals surface area (Å²) in [7, 11) is -3.23. The maximum atomic E-state index is 12.6.